The molecule has 2 aliphatic rings. The van der Waals surface area contributed by atoms with E-state index in [9.17, 15) is 9.59 Å². The summed E-state index contributed by atoms with van der Waals surface area (Å²) >= 11 is 0. The molecule has 3 atom stereocenters. The minimum Gasteiger partial charge on any atom is -0.499 e. The summed E-state index contributed by atoms with van der Waals surface area (Å²) in [5.74, 6) is -1.28. The number of fused-ring (bicyclic) bond motifs is 1. The predicted molar refractivity (Wildman–Crippen MR) is 48.6 cm³/mol. The van der Waals surface area contributed by atoms with Gasteiger partial charge >= 0.3 is 11.9 Å². The smallest absolute Gasteiger partial charge is 0.321 e. The number of esters is 2. The number of rotatable bonds is 2. The number of carbonyl (C=O) groups excluding carboxylic acids is 2. The molecule has 1 saturated heterocycles. The third-order valence-electron chi connectivity index (χ3n) is 2.86. The van der Waals surface area contributed by atoms with Crippen LogP contribution < -0.4 is 0 Å². The number of carbonyl (C=O) groups is 2. The first kappa shape index (κ1) is 10.2. The topological polar surface area (TPSA) is 61.8 Å². The lowest BCUT2D eigenvalue weighted by Crippen LogP contribution is -2.31. The van der Waals surface area contributed by atoms with Crippen LogP contribution in [-0.2, 0) is 23.8 Å². The largest absolute Gasteiger partial charge is 0.499 e. The van der Waals surface area contributed by atoms with Crippen molar-refractivity contribution in [3.63, 3.8) is 0 Å². The van der Waals surface area contributed by atoms with Crippen molar-refractivity contribution in [1.29, 1.82) is 0 Å². The summed E-state index contributed by atoms with van der Waals surface area (Å²) in [7, 11) is 3.06. The van der Waals surface area contributed by atoms with Gasteiger partial charge in [0, 0.05) is 7.11 Å². The van der Waals surface area contributed by atoms with Gasteiger partial charge in [-0.25, -0.2) is 0 Å². The van der Waals surface area contributed by atoms with Gasteiger partial charge in [-0.05, 0) is 12.5 Å². The molecule has 0 aromatic heterocycles. The van der Waals surface area contributed by atoms with Gasteiger partial charge in [0.25, 0.3) is 0 Å². The second-order valence-electron chi connectivity index (χ2n) is 3.61. The maximum absolute atomic E-state index is 11.3. The molecule has 0 spiro atoms. The average Bonchev–Trinajstić information content (AvgIpc) is 2.52. The Balaban J connectivity index is 2.30. The second-order valence-corrected chi connectivity index (χ2v) is 3.61. The van der Waals surface area contributed by atoms with E-state index in [-0.39, 0.29) is 6.10 Å². The Labute approximate surface area is 87.0 Å². The maximum Gasteiger partial charge on any atom is 0.321 e. The fourth-order valence-corrected chi connectivity index (χ4v) is 2.02. The normalized spacial score (nSPS) is 34.5. The lowest BCUT2D eigenvalue weighted by molar-refractivity contribution is -0.153. The van der Waals surface area contributed by atoms with Crippen molar-refractivity contribution in [1.82, 2.24) is 0 Å². The molecule has 3 unspecified atom stereocenters. The third-order valence-corrected chi connectivity index (χ3v) is 2.86. The first-order valence-electron chi connectivity index (χ1n) is 4.71. The Morgan fingerprint density at radius 2 is 2.07 bits per heavy atom. The molecule has 0 aromatic rings. The highest BCUT2D eigenvalue weighted by atomic mass is 16.6. The van der Waals surface area contributed by atoms with Gasteiger partial charge in [0.1, 0.15) is 11.9 Å². The fourth-order valence-electron chi connectivity index (χ4n) is 2.02. The van der Waals surface area contributed by atoms with Crippen molar-refractivity contribution < 1.29 is 23.8 Å². The van der Waals surface area contributed by atoms with Crippen molar-refractivity contribution in [3.8, 4) is 0 Å². The van der Waals surface area contributed by atoms with Crippen LogP contribution in [0.1, 0.15) is 6.42 Å². The van der Waals surface area contributed by atoms with E-state index in [1.165, 1.54) is 7.11 Å². The van der Waals surface area contributed by atoms with E-state index in [4.69, 9.17) is 9.47 Å². The van der Waals surface area contributed by atoms with Crippen molar-refractivity contribution in [2.24, 2.45) is 11.8 Å². The van der Waals surface area contributed by atoms with E-state index in [0.717, 1.165) is 0 Å². The van der Waals surface area contributed by atoms with Crippen LogP contribution in [0, 0.1) is 11.8 Å². The quantitative estimate of drug-likeness (QED) is 0.485. The molecule has 0 radical (unpaired) electrons. The first-order valence-corrected chi connectivity index (χ1v) is 4.71. The Kier molecular flexibility index (Phi) is 2.48. The summed E-state index contributed by atoms with van der Waals surface area (Å²) in [6, 6.07) is 0. The zero-order chi connectivity index (χ0) is 11.0. The van der Waals surface area contributed by atoms with Crippen LogP contribution in [0.2, 0.25) is 0 Å². The van der Waals surface area contributed by atoms with Gasteiger partial charge in [-0.3, -0.25) is 9.59 Å². The van der Waals surface area contributed by atoms with Crippen LogP contribution in [0.4, 0.5) is 0 Å². The number of ether oxygens (including phenoxy) is 3. The zero-order valence-electron chi connectivity index (χ0n) is 8.56. The molecule has 0 amide bonds. The van der Waals surface area contributed by atoms with Gasteiger partial charge in [-0.15, -0.1) is 0 Å². The molecule has 1 aliphatic carbocycles. The zero-order valence-corrected chi connectivity index (χ0v) is 8.56. The van der Waals surface area contributed by atoms with Crippen LogP contribution in [0.25, 0.3) is 0 Å². The monoisotopic (exact) mass is 212 g/mol. The Bertz CT molecular complexity index is 333. The molecule has 0 bridgehead atoms. The van der Waals surface area contributed by atoms with Crippen molar-refractivity contribution >= 4 is 11.9 Å². The molecule has 1 fully saturated rings. The van der Waals surface area contributed by atoms with Crippen molar-refractivity contribution in [3.05, 3.63) is 11.8 Å². The van der Waals surface area contributed by atoms with E-state index >= 15 is 0 Å². The minimum atomic E-state index is -0.501. The minimum absolute atomic E-state index is 0.269. The summed E-state index contributed by atoms with van der Waals surface area (Å²) in [5, 5.41) is 0. The third kappa shape index (κ3) is 1.52. The molecule has 0 saturated carbocycles. The number of cyclic esters (lactones) is 2. The van der Waals surface area contributed by atoms with E-state index in [1.54, 1.807) is 13.2 Å². The molecule has 0 N–H and O–H groups in total. The molecular weight excluding hydrogens is 200 g/mol. The summed E-state index contributed by atoms with van der Waals surface area (Å²) in [5.41, 5.74) is 0. The molecule has 1 heterocycles. The van der Waals surface area contributed by atoms with Gasteiger partial charge in [-0.2, -0.15) is 0 Å². The highest BCUT2D eigenvalue weighted by Gasteiger charge is 2.47. The van der Waals surface area contributed by atoms with E-state index < -0.39 is 23.8 Å². The van der Waals surface area contributed by atoms with Crippen LogP contribution in [-0.4, -0.2) is 32.3 Å². The number of hydrogen-bond donors (Lipinski definition) is 0. The highest BCUT2D eigenvalue weighted by molar-refractivity contribution is 5.97. The Hall–Kier alpha value is -1.36. The molecule has 82 valence electrons. The Morgan fingerprint density at radius 1 is 1.33 bits per heavy atom. The summed E-state index contributed by atoms with van der Waals surface area (Å²) in [6.45, 7) is 0. The molecular formula is C10H12O5. The van der Waals surface area contributed by atoms with Crippen molar-refractivity contribution in [2.45, 2.75) is 12.5 Å². The molecule has 2 rings (SSSR count). The summed E-state index contributed by atoms with van der Waals surface area (Å²) in [4.78, 5) is 22.6. The van der Waals surface area contributed by atoms with Crippen LogP contribution in [0.15, 0.2) is 11.8 Å². The van der Waals surface area contributed by atoms with Gasteiger partial charge < -0.3 is 14.2 Å². The van der Waals surface area contributed by atoms with Gasteiger partial charge in [0.05, 0.1) is 18.9 Å². The Morgan fingerprint density at radius 3 is 2.67 bits per heavy atom. The lowest BCUT2D eigenvalue weighted by atomic mass is 9.83. The fraction of sp³-hybridized carbons (Fsp3) is 0.600. The average molecular weight is 212 g/mol. The van der Waals surface area contributed by atoms with Crippen LogP contribution >= 0.6 is 0 Å². The van der Waals surface area contributed by atoms with E-state index in [0.29, 0.717) is 12.2 Å². The molecule has 5 heteroatoms. The van der Waals surface area contributed by atoms with Gasteiger partial charge in [0.15, 0.2) is 0 Å². The van der Waals surface area contributed by atoms with Crippen LogP contribution in [0.5, 0.6) is 0 Å². The second kappa shape index (κ2) is 3.66. The summed E-state index contributed by atoms with van der Waals surface area (Å²) < 4.78 is 14.8. The SMILES string of the molecule is COC1=CC2C(=O)OC(=O)C2CC1OC. The molecule has 0 aromatic carbocycles. The molecule has 1 aliphatic heterocycles. The standard InChI is InChI=1S/C10H12O5/c1-13-7-3-5-6(4-8(7)14-2)10(12)15-9(5)11/h3,5-6,8H,4H2,1-2H3. The van der Waals surface area contributed by atoms with E-state index in [2.05, 4.69) is 4.74 Å². The first-order chi connectivity index (χ1) is 7.17. The molecule has 5 nitrogen and oxygen atoms in total. The van der Waals surface area contributed by atoms with Crippen molar-refractivity contribution in [2.75, 3.05) is 14.2 Å². The maximum atomic E-state index is 11.3. The van der Waals surface area contributed by atoms with Gasteiger partial charge in [0.2, 0.25) is 0 Å². The van der Waals surface area contributed by atoms with E-state index in [1.807, 2.05) is 0 Å². The predicted octanol–water partition coefficient (Wildman–Crippen LogP) is 0.251. The number of methoxy groups -OCH3 is 2. The highest BCUT2D eigenvalue weighted by Crippen LogP contribution is 2.36. The lowest BCUT2D eigenvalue weighted by Gasteiger charge is -2.26. The van der Waals surface area contributed by atoms with Gasteiger partial charge in [-0.1, -0.05) is 0 Å². The summed E-state index contributed by atoms with van der Waals surface area (Å²) in [6.07, 6.45) is 1.79. The van der Waals surface area contributed by atoms with Crippen LogP contribution in [0.3, 0.4) is 0 Å². The number of hydrogen-bond acceptors (Lipinski definition) is 5. The molecule has 15 heavy (non-hydrogen) atoms.